The lowest BCUT2D eigenvalue weighted by molar-refractivity contribution is -0.125. The van der Waals surface area contributed by atoms with Crippen molar-refractivity contribution in [2.45, 2.75) is 38.6 Å². The largest absolute Gasteiger partial charge is 0.494 e. The molecule has 0 bridgehead atoms. The summed E-state index contributed by atoms with van der Waals surface area (Å²) in [7, 11) is 1.47. The molecule has 2 heterocycles. The fraction of sp³-hybridized carbons (Fsp3) is 0.519. The lowest BCUT2D eigenvalue weighted by atomic mass is 9.92. The second kappa shape index (κ2) is 11.5. The molecule has 33 heavy (non-hydrogen) atoms. The first-order valence-electron chi connectivity index (χ1n) is 12.2. The highest BCUT2D eigenvalue weighted by Crippen LogP contribution is 2.28. The Kier molecular flexibility index (Phi) is 8.21. The summed E-state index contributed by atoms with van der Waals surface area (Å²) in [6, 6.07) is 15.7. The maximum absolute atomic E-state index is 14.0. The van der Waals surface area contributed by atoms with Gasteiger partial charge in [-0.05, 0) is 68.8 Å². The smallest absolute Gasteiger partial charge is 0.223 e. The molecule has 0 spiro atoms. The first-order chi connectivity index (χ1) is 16.1. The Morgan fingerprint density at radius 1 is 1.03 bits per heavy atom. The average molecular weight is 454 g/mol. The normalized spacial score (nSPS) is 18.3. The van der Waals surface area contributed by atoms with Crippen molar-refractivity contribution in [3.63, 3.8) is 0 Å². The summed E-state index contributed by atoms with van der Waals surface area (Å²) in [5.41, 5.74) is 2.23. The second-order valence-corrected chi connectivity index (χ2v) is 9.36. The number of benzene rings is 2. The molecule has 5 nitrogen and oxygen atoms in total. The molecule has 2 aromatic carbocycles. The van der Waals surface area contributed by atoms with Gasteiger partial charge >= 0.3 is 0 Å². The van der Waals surface area contributed by atoms with Crippen molar-refractivity contribution >= 4 is 11.6 Å². The number of carbonyl (C=O) groups is 1. The maximum atomic E-state index is 14.0. The maximum Gasteiger partial charge on any atom is 0.223 e. The van der Waals surface area contributed by atoms with Crippen molar-refractivity contribution in [3.05, 3.63) is 59.9 Å². The number of nitrogens with one attached hydrogen (secondary N) is 1. The SMILES string of the molecule is COc1ccc(N2CCC(C(=O)NCCC3CCN(Cc4ccccc4)CC3)CC2)cc1F. The Balaban J connectivity index is 1.12. The topological polar surface area (TPSA) is 44.8 Å². The van der Waals surface area contributed by atoms with E-state index in [4.69, 9.17) is 4.74 Å². The predicted octanol–water partition coefficient (Wildman–Crippen LogP) is 4.47. The number of halogens is 1. The number of likely N-dealkylation sites (tertiary alicyclic amines) is 1. The Morgan fingerprint density at radius 2 is 1.76 bits per heavy atom. The molecule has 1 N–H and O–H groups in total. The number of nitrogens with zero attached hydrogens (tertiary/aromatic N) is 2. The zero-order valence-corrected chi connectivity index (χ0v) is 19.6. The molecule has 4 rings (SSSR count). The van der Waals surface area contributed by atoms with Gasteiger partial charge in [-0.1, -0.05) is 30.3 Å². The number of anilines is 1. The summed E-state index contributed by atoms with van der Waals surface area (Å²) in [6.45, 7) is 5.61. The van der Waals surface area contributed by atoms with Crippen molar-refractivity contribution in [2.75, 3.05) is 44.7 Å². The van der Waals surface area contributed by atoms with E-state index in [0.29, 0.717) is 5.92 Å². The highest BCUT2D eigenvalue weighted by atomic mass is 19.1. The van der Waals surface area contributed by atoms with Gasteiger partial charge in [-0.2, -0.15) is 0 Å². The molecule has 0 aliphatic carbocycles. The molecule has 0 unspecified atom stereocenters. The predicted molar refractivity (Wildman–Crippen MR) is 130 cm³/mol. The van der Waals surface area contributed by atoms with E-state index in [9.17, 15) is 9.18 Å². The van der Waals surface area contributed by atoms with Crippen LogP contribution in [0.25, 0.3) is 0 Å². The van der Waals surface area contributed by atoms with Crippen LogP contribution < -0.4 is 15.0 Å². The third-order valence-corrected chi connectivity index (χ3v) is 7.17. The Bertz CT molecular complexity index is 891. The molecular formula is C27H36FN3O2. The summed E-state index contributed by atoms with van der Waals surface area (Å²) >= 11 is 0. The van der Waals surface area contributed by atoms with Crippen LogP contribution in [0.3, 0.4) is 0 Å². The van der Waals surface area contributed by atoms with E-state index < -0.39 is 0 Å². The molecule has 2 fully saturated rings. The van der Waals surface area contributed by atoms with E-state index in [-0.39, 0.29) is 23.4 Å². The van der Waals surface area contributed by atoms with E-state index >= 15 is 0 Å². The van der Waals surface area contributed by atoms with Gasteiger partial charge in [0.15, 0.2) is 11.6 Å². The molecule has 178 valence electrons. The first kappa shape index (κ1) is 23.6. The van der Waals surface area contributed by atoms with Crippen LogP contribution in [0.2, 0.25) is 0 Å². The number of amides is 1. The molecule has 2 aliphatic rings. The van der Waals surface area contributed by atoms with Gasteiger partial charge in [0.1, 0.15) is 0 Å². The Morgan fingerprint density at radius 3 is 2.42 bits per heavy atom. The minimum atomic E-state index is -0.347. The molecular weight excluding hydrogens is 417 g/mol. The highest BCUT2D eigenvalue weighted by molar-refractivity contribution is 5.79. The molecule has 2 saturated heterocycles. The third kappa shape index (κ3) is 6.47. The van der Waals surface area contributed by atoms with Gasteiger partial charge in [0, 0.05) is 43.9 Å². The summed E-state index contributed by atoms with van der Waals surface area (Å²) < 4.78 is 19.0. The molecule has 6 heteroatoms. The fourth-order valence-electron chi connectivity index (χ4n) is 5.07. The van der Waals surface area contributed by atoms with E-state index in [1.807, 2.05) is 6.07 Å². The minimum absolute atomic E-state index is 0.0528. The van der Waals surface area contributed by atoms with E-state index in [2.05, 4.69) is 45.4 Å². The number of carbonyl (C=O) groups excluding carboxylic acids is 1. The summed E-state index contributed by atoms with van der Waals surface area (Å²) in [6.07, 6.45) is 5.09. The zero-order valence-electron chi connectivity index (χ0n) is 19.6. The number of hydrogen-bond acceptors (Lipinski definition) is 4. The molecule has 2 aliphatic heterocycles. The van der Waals surface area contributed by atoms with Gasteiger partial charge in [-0.3, -0.25) is 9.69 Å². The molecule has 0 radical (unpaired) electrons. The van der Waals surface area contributed by atoms with Crippen molar-refractivity contribution in [3.8, 4) is 5.75 Å². The van der Waals surface area contributed by atoms with Crippen LogP contribution in [0.1, 0.15) is 37.7 Å². The van der Waals surface area contributed by atoms with Crippen molar-refractivity contribution in [1.82, 2.24) is 10.2 Å². The quantitative estimate of drug-likeness (QED) is 0.641. The number of methoxy groups -OCH3 is 1. The molecule has 0 aromatic heterocycles. The van der Waals surface area contributed by atoms with Crippen LogP contribution in [-0.4, -0.2) is 50.6 Å². The Hall–Kier alpha value is -2.60. The van der Waals surface area contributed by atoms with Crippen LogP contribution in [-0.2, 0) is 11.3 Å². The van der Waals surface area contributed by atoms with Gasteiger partial charge < -0.3 is 15.0 Å². The molecule has 0 saturated carbocycles. The van der Waals surface area contributed by atoms with E-state index in [1.165, 1.54) is 31.6 Å². The van der Waals surface area contributed by atoms with Crippen molar-refractivity contribution in [1.29, 1.82) is 0 Å². The fourth-order valence-corrected chi connectivity index (χ4v) is 5.07. The minimum Gasteiger partial charge on any atom is -0.494 e. The van der Waals surface area contributed by atoms with Gasteiger partial charge in [0.25, 0.3) is 0 Å². The standard InChI is InChI=1S/C27H36FN3O2/c1-33-26-8-7-24(19-25(26)28)31-17-12-23(13-18-31)27(32)29-14-9-21-10-15-30(16-11-21)20-22-5-3-2-4-6-22/h2-8,19,21,23H,9-18,20H2,1H3,(H,29,32). The lowest BCUT2D eigenvalue weighted by Crippen LogP contribution is -2.41. The monoisotopic (exact) mass is 453 g/mol. The second-order valence-electron chi connectivity index (χ2n) is 9.36. The van der Waals surface area contributed by atoms with Crippen LogP contribution in [0.15, 0.2) is 48.5 Å². The molecule has 2 aromatic rings. The van der Waals surface area contributed by atoms with Crippen LogP contribution >= 0.6 is 0 Å². The summed E-state index contributed by atoms with van der Waals surface area (Å²) in [5.74, 6) is 0.842. The lowest BCUT2D eigenvalue weighted by Gasteiger charge is -2.33. The molecule has 0 atom stereocenters. The van der Waals surface area contributed by atoms with E-state index in [0.717, 1.165) is 64.2 Å². The Labute approximate surface area is 196 Å². The van der Waals surface area contributed by atoms with Crippen LogP contribution in [0.5, 0.6) is 5.75 Å². The van der Waals surface area contributed by atoms with Crippen LogP contribution in [0.4, 0.5) is 10.1 Å². The number of piperidine rings is 2. The summed E-state index contributed by atoms with van der Waals surface area (Å²) in [4.78, 5) is 17.3. The van der Waals surface area contributed by atoms with Gasteiger partial charge in [0.05, 0.1) is 7.11 Å². The first-order valence-corrected chi connectivity index (χ1v) is 12.2. The van der Waals surface area contributed by atoms with Gasteiger partial charge in [-0.15, -0.1) is 0 Å². The van der Waals surface area contributed by atoms with E-state index in [1.54, 1.807) is 6.07 Å². The summed E-state index contributed by atoms with van der Waals surface area (Å²) in [5, 5.41) is 3.18. The van der Waals surface area contributed by atoms with Crippen LogP contribution in [0, 0.1) is 17.7 Å². The van der Waals surface area contributed by atoms with Crippen molar-refractivity contribution < 1.29 is 13.9 Å². The zero-order chi connectivity index (χ0) is 23.0. The van der Waals surface area contributed by atoms with Gasteiger partial charge in [0.2, 0.25) is 5.91 Å². The molecule has 1 amide bonds. The third-order valence-electron chi connectivity index (χ3n) is 7.17. The number of hydrogen-bond donors (Lipinski definition) is 1. The van der Waals surface area contributed by atoms with Gasteiger partial charge in [-0.25, -0.2) is 4.39 Å². The van der Waals surface area contributed by atoms with Crippen molar-refractivity contribution in [2.24, 2.45) is 11.8 Å². The highest BCUT2D eigenvalue weighted by Gasteiger charge is 2.26. The number of rotatable bonds is 8. The average Bonchev–Trinajstić information content (AvgIpc) is 2.86. The number of ether oxygens (including phenoxy) is 1.